The molecular weight excluding hydrogens is 430 g/mol. The molecule has 1 saturated heterocycles. The number of carbonyl (C=O) groups is 1. The van der Waals surface area contributed by atoms with E-state index in [1.807, 2.05) is 6.07 Å². The number of hydrogen-bond donors (Lipinski definition) is 3. The Kier molecular flexibility index (Phi) is 5.13. The van der Waals surface area contributed by atoms with E-state index in [1.54, 1.807) is 6.20 Å². The highest BCUT2D eigenvalue weighted by atomic mass is 16.6. The Hall–Kier alpha value is -3.59. The predicted octanol–water partition coefficient (Wildman–Crippen LogP) is 2.83. The molecule has 6 rings (SSSR count). The van der Waals surface area contributed by atoms with E-state index in [2.05, 4.69) is 68.5 Å². The largest absolute Gasteiger partial charge is 0.444 e. The predicted molar refractivity (Wildman–Crippen MR) is 132 cm³/mol. The highest BCUT2D eigenvalue weighted by Crippen LogP contribution is 2.43. The molecule has 2 aromatic heterocycles. The van der Waals surface area contributed by atoms with Crippen LogP contribution < -0.4 is 16.0 Å². The Balaban J connectivity index is 1.24. The molecule has 9 nitrogen and oxygen atoms in total. The van der Waals surface area contributed by atoms with E-state index in [0.717, 1.165) is 55.2 Å². The van der Waals surface area contributed by atoms with Crippen molar-refractivity contribution < 1.29 is 9.53 Å². The van der Waals surface area contributed by atoms with Gasteiger partial charge < -0.3 is 30.6 Å². The Morgan fingerprint density at radius 3 is 2.65 bits per heavy atom. The highest BCUT2D eigenvalue weighted by Gasteiger charge is 2.47. The van der Waals surface area contributed by atoms with Gasteiger partial charge in [-0.3, -0.25) is 0 Å². The number of piperazine rings is 1. The topological polar surface area (TPSA) is 112 Å². The second-order valence-corrected chi connectivity index (χ2v) is 9.50. The summed E-state index contributed by atoms with van der Waals surface area (Å²) in [6.07, 6.45) is 6.01. The van der Waals surface area contributed by atoms with Crippen molar-refractivity contribution in [3.8, 4) is 11.4 Å². The first-order chi connectivity index (χ1) is 16.5. The molecule has 2 aliphatic carbocycles. The van der Waals surface area contributed by atoms with Gasteiger partial charge in [0.25, 0.3) is 0 Å². The van der Waals surface area contributed by atoms with Crippen LogP contribution in [-0.4, -0.2) is 71.3 Å². The Morgan fingerprint density at radius 1 is 1.12 bits per heavy atom. The third kappa shape index (κ3) is 3.75. The second-order valence-electron chi connectivity index (χ2n) is 9.50. The van der Waals surface area contributed by atoms with Gasteiger partial charge in [0.05, 0.1) is 11.7 Å². The molecule has 2 bridgehead atoms. The number of primary amides is 1. The molecule has 176 valence electrons. The molecule has 3 heterocycles. The first-order valence-electron chi connectivity index (χ1n) is 11.8. The van der Waals surface area contributed by atoms with Gasteiger partial charge in [-0.05, 0) is 43.8 Å². The molecule has 2 fully saturated rings. The van der Waals surface area contributed by atoms with Gasteiger partial charge in [-0.1, -0.05) is 12.2 Å². The number of rotatable bonds is 5. The lowest BCUT2D eigenvalue weighted by atomic mass is 9.98. The summed E-state index contributed by atoms with van der Waals surface area (Å²) < 4.78 is 5.46. The number of nitrogens with one attached hydrogen (secondary N) is 2. The monoisotopic (exact) mass is 459 g/mol. The van der Waals surface area contributed by atoms with E-state index in [0.29, 0.717) is 11.6 Å². The van der Waals surface area contributed by atoms with Crippen molar-refractivity contribution >= 4 is 28.6 Å². The maximum atomic E-state index is 11.5. The number of anilines is 2. The number of pyridine rings is 1. The fourth-order valence-corrected chi connectivity index (χ4v) is 5.50. The first kappa shape index (κ1) is 21.0. The average Bonchev–Trinajstić information content (AvgIpc) is 3.56. The molecule has 9 heteroatoms. The molecule has 1 amide bonds. The van der Waals surface area contributed by atoms with Gasteiger partial charge >= 0.3 is 6.09 Å². The van der Waals surface area contributed by atoms with E-state index in [1.165, 1.54) is 5.69 Å². The number of nitrogens with zero attached hydrogens (tertiary/aromatic N) is 4. The third-order valence-corrected chi connectivity index (χ3v) is 7.36. The number of aromatic nitrogens is 3. The summed E-state index contributed by atoms with van der Waals surface area (Å²) in [4.78, 5) is 28.9. The van der Waals surface area contributed by atoms with Crippen LogP contribution in [0.4, 0.5) is 16.2 Å². The third-order valence-electron chi connectivity index (χ3n) is 7.36. The Bertz CT molecular complexity index is 1230. The van der Waals surface area contributed by atoms with Crippen molar-refractivity contribution in [3.05, 3.63) is 48.7 Å². The SMILES string of the molecule is CN1CCN(c2ccc(-c3nc4nccc(N[C@H]5[C@@H](OC(N)=O)[C@@H]6C=C[C@H]5C6)c4[nH]3)cc2)CC1. The molecule has 0 radical (unpaired) electrons. The molecule has 3 aliphatic rings. The van der Waals surface area contributed by atoms with Gasteiger partial charge in [-0.25, -0.2) is 14.8 Å². The van der Waals surface area contributed by atoms with E-state index in [4.69, 9.17) is 15.5 Å². The number of imidazole rings is 1. The number of aromatic amines is 1. The summed E-state index contributed by atoms with van der Waals surface area (Å²) in [6.45, 7) is 4.24. The zero-order valence-corrected chi connectivity index (χ0v) is 19.1. The van der Waals surface area contributed by atoms with Crippen LogP contribution in [0, 0.1) is 11.8 Å². The fourth-order valence-electron chi connectivity index (χ4n) is 5.50. The lowest BCUT2D eigenvalue weighted by Gasteiger charge is -2.34. The van der Waals surface area contributed by atoms with Gasteiger partial charge in [-0.2, -0.15) is 0 Å². The van der Waals surface area contributed by atoms with Crippen LogP contribution >= 0.6 is 0 Å². The number of hydrogen-bond acceptors (Lipinski definition) is 7. The van der Waals surface area contributed by atoms with Crippen LogP contribution in [0.2, 0.25) is 0 Å². The van der Waals surface area contributed by atoms with Crippen LogP contribution in [0.15, 0.2) is 48.7 Å². The van der Waals surface area contributed by atoms with Crippen LogP contribution in [0.25, 0.3) is 22.6 Å². The van der Waals surface area contributed by atoms with E-state index in [-0.39, 0.29) is 18.1 Å². The molecule has 0 spiro atoms. The molecule has 1 aromatic carbocycles. The van der Waals surface area contributed by atoms with Crippen molar-refractivity contribution in [2.24, 2.45) is 17.6 Å². The number of nitrogens with two attached hydrogens (primary N) is 1. The lowest BCUT2D eigenvalue weighted by molar-refractivity contribution is 0.0854. The summed E-state index contributed by atoms with van der Waals surface area (Å²) in [6, 6.07) is 10.4. The summed E-state index contributed by atoms with van der Waals surface area (Å²) >= 11 is 0. The van der Waals surface area contributed by atoms with Crippen LogP contribution in [0.1, 0.15) is 6.42 Å². The summed E-state index contributed by atoms with van der Waals surface area (Å²) in [7, 11) is 2.16. The summed E-state index contributed by atoms with van der Waals surface area (Å²) in [5, 5.41) is 3.59. The average molecular weight is 460 g/mol. The normalized spacial score (nSPS) is 26.3. The van der Waals surface area contributed by atoms with Crippen molar-refractivity contribution in [1.29, 1.82) is 0 Å². The molecule has 3 aromatic rings. The smallest absolute Gasteiger partial charge is 0.404 e. The van der Waals surface area contributed by atoms with Crippen LogP contribution in [0.5, 0.6) is 0 Å². The molecule has 34 heavy (non-hydrogen) atoms. The number of carbonyl (C=O) groups excluding carboxylic acids is 1. The molecule has 1 saturated carbocycles. The highest BCUT2D eigenvalue weighted by molar-refractivity contribution is 5.88. The maximum Gasteiger partial charge on any atom is 0.404 e. The van der Waals surface area contributed by atoms with Crippen LogP contribution in [0.3, 0.4) is 0 Å². The number of amides is 1. The quantitative estimate of drug-likeness (QED) is 0.503. The fraction of sp³-hybridized carbons (Fsp3) is 0.400. The number of benzene rings is 1. The first-order valence-corrected chi connectivity index (χ1v) is 11.8. The van der Waals surface area contributed by atoms with E-state index >= 15 is 0 Å². The van der Waals surface area contributed by atoms with Crippen molar-refractivity contribution in [3.63, 3.8) is 0 Å². The number of fused-ring (bicyclic) bond motifs is 3. The zero-order valence-electron chi connectivity index (χ0n) is 19.1. The number of ether oxygens (including phenoxy) is 1. The minimum atomic E-state index is -0.735. The van der Waals surface area contributed by atoms with Gasteiger partial charge in [0, 0.05) is 55.5 Å². The zero-order chi connectivity index (χ0) is 23.2. The molecular formula is C25H29N7O2. The minimum absolute atomic E-state index is 0.0391. The summed E-state index contributed by atoms with van der Waals surface area (Å²) in [5.74, 6) is 1.27. The van der Waals surface area contributed by atoms with E-state index < -0.39 is 6.09 Å². The van der Waals surface area contributed by atoms with Gasteiger partial charge in [0.1, 0.15) is 17.4 Å². The number of likely N-dealkylation sites (N-methyl/N-ethyl adjacent to an activating group) is 1. The van der Waals surface area contributed by atoms with E-state index in [9.17, 15) is 4.79 Å². The second kappa shape index (κ2) is 8.32. The number of H-pyrrole nitrogens is 1. The minimum Gasteiger partial charge on any atom is -0.444 e. The maximum absolute atomic E-state index is 11.5. The Morgan fingerprint density at radius 2 is 1.88 bits per heavy atom. The molecule has 0 unspecified atom stereocenters. The van der Waals surface area contributed by atoms with Crippen LogP contribution in [-0.2, 0) is 4.74 Å². The van der Waals surface area contributed by atoms with Crippen molar-refractivity contribution in [1.82, 2.24) is 19.9 Å². The lowest BCUT2D eigenvalue weighted by Crippen LogP contribution is -2.44. The van der Waals surface area contributed by atoms with Crippen molar-refractivity contribution in [2.75, 3.05) is 43.4 Å². The summed E-state index contributed by atoms with van der Waals surface area (Å²) in [5.41, 5.74) is 9.96. The Labute approximate surface area is 198 Å². The molecule has 1 aliphatic heterocycles. The standard InChI is InChI=1S/C25H29N7O2/c1-31-10-12-32(13-11-31)18-6-4-15(5-7-18)23-29-21-19(8-9-27-24(21)30-23)28-20-16-2-3-17(14-16)22(20)34-25(26)33/h2-9,16-17,20,22H,10-14H2,1H3,(H2,26,33)(H2,27,28,29,30)/t16-,17+,20+,22-/m0/s1. The molecule has 4 N–H and O–H groups in total. The molecule has 4 atom stereocenters. The van der Waals surface area contributed by atoms with Gasteiger partial charge in [-0.15, -0.1) is 0 Å². The van der Waals surface area contributed by atoms with Gasteiger partial charge in [0.15, 0.2) is 5.65 Å². The van der Waals surface area contributed by atoms with Gasteiger partial charge in [0.2, 0.25) is 0 Å². The van der Waals surface area contributed by atoms with Crippen molar-refractivity contribution in [2.45, 2.75) is 18.6 Å².